The Balaban J connectivity index is 1.67. The van der Waals surface area contributed by atoms with Crippen LogP contribution in [0.25, 0.3) is 0 Å². The highest BCUT2D eigenvalue weighted by molar-refractivity contribution is 7.98. The molecule has 1 heterocycles. The molecule has 5 rings (SSSR count). The van der Waals surface area contributed by atoms with Crippen LogP contribution in [0.4, 0.5) is 10.1 Å². The second-order valence-electron chi connectivity index (χ2n) is 11.7. The summed E-state index contributed by atoms with van der Waals surface area (Å²) in [7, 11) is 0. The molecule has 40 heavy (non-hydrogen) atoms. The van der Waals surface area contributed by atoms with E-state index in [1.807, 2.05) is 20.8 Å². The SMILES string of the molecule is Cc1ccc(SCc2cc(C)cc(C3C(C#N)=C(N)N(c4ccccc4F)C4=C3C(=O)CC(C)(C)C4)c2C)cc1. The van der Waals surface area contributed by atoms with Crippen molar-refractivity contribution in [2.75, 3.05) is 4.90 Å². The summed E-state index contributed by atoms with van der Waals surface area (Å²) in [5.74, 6) is -0.139. The number of halogens is 1. The minimum absolute atomic E-state index is 0.0191. The van der Waals surface area contributed by atoms with Gasteiger partial charge in [0.25, 0.3) is 0 Å². The molecule has 0 amide bonds. The fourth-order valence-corrected chi connectivity index (χ4v) is 6.89. The topological polar surface area (TPSA) is 70.1 Å². The third-order valence-corrected chi connectivity index (χ3v) is 8.96. The molecule has 0 fully saturated rings. The summed E-state index contributed by atoms with van der Waals surface area (Å²) in [5, 5.41) is 10.5. The lowest BCUT2D eigenvalue weighted by Crippen LogP contribution is -2.42. The highest BCUT2D eigenvalue weighted by atomic mass is 32.2. The van der Waals surface area contributed by atoms with Gasteiger partial charge in [-0.3, -0.25) is 9.69 Å². The van der Waals surface area contributed by atoms with Gasteiger partial charge >= 0.3 is 0 Å². The van der Waals surface area contributed by atoms with Crippen LogP contribution in [0, 0.1) is 43.3 Å². The summed E-state index contributed by atoms with van der Waals surface area (Å²) in [5.41, 5.74) is 13.6. The van der Waals surface area contributed by atoms with Crippen LogP contribution in [-0.2, 0) is 10.5 Å². The second kappa shape index (κ2) is 10.6. The number of nitriles is 1. The molecule has 2 N–H and O–H groups in total. The zero-order valence-electron chi connectivity index (χ0n) is 23.6. The molecule has 0 saturated carbocycles. The van der Waals surface area contributed by atoms with E-state index in [0.29, 0.717) is 24.1 Å². The van der Waals surface area contributed by atoms with Crippen LogP contribution in [0.5, 0.6) is 0 Å². The fraction of sp³-hybridized carbons (Fsp3) is 0.294. The van der Waals surface area contributed by atoms with Crippen LogP contribution in [0.1, 0.15) is 60.4 Å². The normalized spacial score (nSPS) is 18.6. The van der Waals surface area contributed by atoms with Crippen molar-refractivity contribution in [3.63, 3.8) is 0 Å². The quantitative estimate of drug-likeness (QED) is 0.326. The van der Waals surface area contributed by atoms with Gasteiger partial charge in [0, 0.05) is 28.3 Å². The van der Waals surface area contributed by atoms with Crippen molar-refractivity contribution in [1.82, 2.24) is 0 Å². The number of allylic oxidation sites excluding steroid dienone is 3. The lowest BCUT2D eigenvalue weighted by Gasteiger charge is -2.44. The summed E-state index contributed by atoms with van der Waals surface area (Å²) in [6.07, 6.45) is 0.895. The average molecular weight is 552 g/mol. The third-order valence-electron chi connectivity index (χ3n) is 7.90. The molecule has 0 bridgehead atoms. The van der Waals surface area contributed by atoms with Crippen molar-refractivity contribution in [2.24, 2.45) is 11.1 Å². The Morgan fingerprint density at radius 1 is 1.05 bits per heavy atom. The maximum Gasteiger partial charge on any atom is 0.162 e. The van der Waals surface area contributed by atoms with E-state index in [2.05, 4.69) is 56.3 Å². The number of Topliss-reactive ketones (excluding diaryl/α,β-unsaturated/α-hetero) is 1. The molecule has 1 aliphatic heterocycles. The van der Waals surface area contributed by atoms with E-state index in [9.17, 15) is 10.1 Å². The van der Waals surface area contributed by atoms with Gasteiger partial charge in [0.15, 0.2) is 5.78 Å². The summed E-state index contributed by atoms with van der Waals surface area (Å²) in [4.78, 5) is 16.7. The number of para-hydroxylation sites is 1. The predicted octanol–water partition coefficient (Wildman–Crippen LogP) is 7.98. The van der Waals surface area contributed by atoms with E-state index in [0.717, 1.165) is 28.0 Å². The second-order valence-corrected chi connectivity index (χ2v) is 12.7. The molecule has 2 aliphatic rings. The summed E-state index contributed by atoms with van der Waals surface area (Å²) in [6, 6.07) is 21.4. The van der Waals surface area contributed by atoms with E-state index in [1.165, 1.54) is 16.5 Å². The molecule has 0 saturated heterocycles. The number of rotatable bonds is 5. The maximum atomic E-state index is 15.2. The predicted molar refractivity (Wildman–Crippen MR) is 160 cm³/mol. The van der Waals surface area contributed by atoms with E-state index in [-0.39, 0.29) is 28.3 Å². The molecule has 3 aromatic carbocycles. The fourth-order valence-electron chi connectivity index (χ4n) is 5.94. The van der Waals surface area contributed by atoms with Crippen LogP contribution in [0.15, 0.2) is 88.2 Å². The van der Waals surface area contributed by atoms with E-state index in [1.54, 1.807) is 34.9 Å². The first kappa shape index (κ1) is 27.7. The first-order valence-corrected chi connectivity index (χ1v) is 14.5. The Kier molecular flexibility index (Phi) is 7.37. The highest BCUT2D eigenvalue weighted by Crippen LogP contribution is 2.51. The molecular formula is C34H34FN3OS. The highest BCUT2D eigenvalue weighted by Gasteiger charge is 2.45. The van der Waals surface area contributed by atoms with Crippen molar-refractivity contribution in [2.45, 2.75) is 64.0 Å². The Morgan fingerprint density at radius 2 is 1.75 bits per heavy atom. The first-order valence-electron chi connectivity index (χ1n) is 13.5. The van der Waals surface area contributed by atoms with E-state index >= 15 is 4.39 Å². The van der Waals surface area contributed by atoms with Gasteiger partial charge in [-0.25, -0.2) is 4.39 Å². The standard InChI is InChI=1S/C34H34FN3OS/c1-20-10-12-24(13-11-20)40-19-23-14-21(2)15-25(22(23)3)31-26(18-36)33(37)38(28-9-7-6-8-27(28)35)29-16-34(4,5)17-30(39)32(29)31/h6-15,31H,16-17,19,37H2,1-5H3. The van der Waals surface area contributed by atoms with Crippen molar-refractivity contribution in [3.8, 4) is 6.07 Å². The zero-order valence-corrected chi connectivity index (χ0v) is 24.5. The van der Waals surface area contributed by atoms with E-state index in [4.69, 9.17) is 5.73 Å². The van der Waals surface area contributed by atoms with Gasteiger partial charge in [-0.2, -0.15) is 5.26 Å². The Bertz CT molecular complexity index is 1610. The van der Waals surface area contributed by atoms with Crippen molar-refractivity contribution >= 4 is 23.2 Å². The number of nitrogens with zero attached hydrogens (tertiary/aromatic N) is 2. The number of anilines is 1. The number of thioether (sulfide) groups is 1. The van der Waals surface area contributed by atoms with E-state index < -0.39 is 11.7 Å². The number of aryl methyl sites for hydroxylation is 2. The molecule has 6 heteroatoms. The van der Waals surface area contributed by atoms with Crippen LogP contribution < -0.4 is 10.6 Å². The molecular weight excluding hydrogens is 517 g/mol. The molecule has 204 valence electrons. The third kappa shape index (κ3) is 5.07. The molecule has 4 nitrogen and oxygen atoms in total. The smallest absolute Gasteiger partial charge is 0.162 e. The van der Waals surface area contributed by atoms with Gasteiger partial charge in [0.2, 0.25) is 0 Å². The molecule has 1 atom stereocenters. The number of carbonyl (C=O) groups excluding carboxylic acids is 1. The van der Waals surface area contributed by atoms with Crippen LogP contribution in [-0.4, -0.2) is 5.78 Å². The number of hydrogen-bond acceptors (Lipinski definition) is 5. The Labute approximate surface area is 240 Å². The van der Waals surface area contributed by atoms with Crippen molar-refractivity contribution < 1.29 is 9.18 Å². The van der Waals surface area contributed by atoms with Crippen molar-refractivity contribution in [3.05, 3.63) is 117 Å². The summed E-state index contributed by atoms with van der Waals surface area (Å²) in [6.45, 7) is 10.3. The molecule has 1 unspecified atom stereocenters. The summed E-state index contributed by atoms with van der Waals surface area (Å²) >= 11 is 1.76. The number of hydrogen-bond donors (Lipinski definition) is 1. The molecule has 0 spiro atoms. The number of nitrogens with two attached hydrogens (primary N) is 1. The van der Waals surface area contributed by atoms with Gasteiger partial charge in [0.1, 0.15) is 11.6 Å². The number of carbonyl (C=O) groups is 1. The minimum Gasteiger partial charge on any atom is -0.384 e. The van der Waals surface area contributed by atoms with Gasteiger partial charge in [-0.05, 0) is 73.6 Å². The molecule has 3 aromatic rings. The van der Waals surface area contributed by atoms with Crippen LogP contribution in [0.3, 0.4) is 0 Å². The van der Waals surface area contributed by atoms with Gasteiger partial charge in [-0.1, -0.05) is 61.4 Å². The Hall–Kier alpha value is -3.82. The number of benzene rings is 3. The average Bonchev–Trinajstić information content (AvgIpc) is 2.89. The van der Waals surface area contributed by atoms with Gasteiger partial charge in [-0.15, -0.1) is 11.8 Å². The molecule has 0 aromatic heterocycles. The van der Waals surface area contributed by atoms with Gasteiger partial charge in [0.05, 0.1) is 23.2 Å². The first-order chi connectivity index (χ1) is 19.0. The molecule has 1 aliphatic carbocycles. The van der Waals surface area contributed by atoms with Gasteiger partial charge < -0.3 is 5.73 Å². The minimum atomic E-state index is -0.602. The largest absolute Gasteiger partial charge is 0.384 e. The molecule has 0 radical (unpaired) electrons. The summed E-state index contributed by atoms with van der Waals surface area (Å²) < 4.78 is 15.2. The maximum absolute atomic E-state index is 15.2. The number of ketones is 1. The lowest BCUT2D eigenvalue weighted by atomic mass is 9.68. The van der Waals surface area contributed by atoms with Crippen molar-refractivity contribution in [1.29, 1.82) is 5.26 Å². The Morgan fingerprint density at radius 3 is 2.42 bits per heavy atom. The lowest BCUT2D eigenvalue weighted by molar-refractivity contribution is -0.118. The zero-order chi connectivity index (χ0) is 28.8. The monoisotopic (exact) mass is 551 g/mol. The van der Waals surface area contributed by atoms with Crippen LogP contribution in [0.2, 0.25) is 0 Å². The van der Waals surface area contributed by atoms with Crippen LogP contribution >= 0.6 is 11.8 Å².